The Labute approximate surface area is 157 Å². The molecule has 1 heteroatoms. The number of benzene rings is 2. The number of hydrogen-bond acceptors (Lipinski definition) is 0. The first-order valence-corrected chi connectivity index (χ1v) is 10.4. The van der Waals surface area contributed by atoms with Crippen LogP contribution in [0.15, 0.2) is 36.4 Å². The summed E-state index contributed by atoms with van der Waals surface area (Å²) in [5.74, 6) is 0.610. The molecular formula is C25H31N. The highest BCUT2D eigenvalue weighted by Crippen LogP contribution is 2.31. The molecule has 1 aromatic heterocycles. The Morgan fingerprint density at radius 1 is 0.885 bits per heavy atom. The summed E-state index contributed by atoms with van der Waals surface area (Å²) in [6.07, 6.45) is 8.14. The van der Waals surface area contributed by atoms with Gasteiger partial charge in [0.2, 0.25) is 0 Å². The summed E-state index contributed by atoms with van der Waals surface area (Å²) in [7, 11) is 0. The number of nitrogens with one attached hydrogen (secondary N) is 1. The first-order valence-electron chi connectivity index (χ1n) is 10.4. The Morgan fingerprint density at radius 2 is 1.62 bits per heavy atom. The van der Waals surface area contributed by atoms with E-state index in [0.717, 1.165) is 32.1 Å². The Kier molecular flexibility index (Phi) is 4.89. The molecular weight excluding hydrogens is 314 g/mol. The van der Waals surface area contributed by atoms with Crippen molar-refractivity contribution in [2.24, 2.45) is 0 Å². The van der Waals surface area contributed by atoms with E-state index in [-0.39, 0.29) is 0 Å². The van der Waals surface area contributed by atoms with Crippen LogP contribution in [0.25, 0.3) is 10.9 Å². The largest absolute Gasteiger partial charge is 0.358 e. The van der Waals surface area contributed by atoms with Gasteiger partial charge >= 0.3 is 0 Å². The molecule has 1 atom stereocenters. The highest BCUT2D eigenvalue weighted by molar-refractivity contribution is 5.87. The lowest BCUT2D eigenvalue weighted by atomic mass is 9.91. The topological polar surface area (TPSA) is 15.8 Å². The van der Waals surface area contributed by atoms with Crippen molar-refractivity contribution >= 4 is 10.9 Å². The van der Waals surface area contributed by atoms with Crippen LogP contribution in [-0.4, -0.2) is 4.98 Å². The van der Waals surface area contributed by atoms with Crippen molar-refractivity contribution in [2.45, 2.75) is 71.6 Å². The van der Waals surface area contributed by atoms with Crippen LogP contribution < -0.4 is 0 Å². The average molecular weight is 346 g/mol. The van der Waals surface area contributed by atoms with E-state index in [1.165, 1.54) is 51.7 Å². The number of aromatic nitrogens is 1. The molecule has 7 rings (SSSR count). The van der Waals surface area contributed by atoms with E-state index in [1.54, 1.807) is 5.56 Å². The maximum Gasteiger partial charge on any atom is 0.0491 e. The Balaban J connectivity index is 1.79. The number of aromatic amines is 1. The van der Waals surface area contributed by atoms with Gasteiger partial charge in [0.15, 0.2) is 0 Å². The molecule has 26 heavy (non-hydrogen) atoms. The van der Waals surface area contributed by atoms with Crippen LogP contribution in [-0.2, 0) is 32.1 Å². The van der Waals surface area contributed by atoms with E-state index in [1.807, 2.05) is 0 Å². The standard InChI is InChI=1S/C25H31N/c1-4-6-17(3)24-16-23-21-12-11-20-9-7-18(15-19(20)5-2)8-10-22(14-13-21)25(23)26-24/h7,9,13-17,26H,4-6,8,10-12H2,1-3H3. The molecule has 1 N–H and O–H groups in total. The quantitative estimate of drug-likeness (QED) is 0.554. The summed E-state index contributed by atoms with van der Waals surface area (Å²) in [4.78, 5) is 3.81. The zero-order valence-corrected chi connectivity index (χ0v) is 16.5. The predicted octanol–water partition coefficient (Wildman–Crippen LogP) is 6.52. The van der Waals surface area contributed by atoms with E-state index < -0.39 is 0 Å². The lowest BCUT2D eigenvalue weighted by Gasteiger charge is -2.14. The van der Waals surface area contributed by atoms with Crippen molar-refractivity contribution in [2.75, 3.05) is 0 Å². The molecule has 0 saturated carbocycles. The van der Waals surface area contributed by atoms with Crippen molar-refractivity contribution < 1.29 is 0 Å². The molecule has 1 unspecified atom stereocenters. The molecule has 0 aliphatic heterocycles. The van der Waals surface area contributed by atoms with Gasteiger partial charge in [-0.25, -0.2) is 0 Å². The van der Waals surface area contributed by atoms with Crippen LogP contribution in [0.2, 0.25) is 0 Å². The molecule has 2 aromatic carbocycles. The average Bonchev–Trinajstić information content (AvgIpc) is 3.09. The van der Waals surface area contributed by atoms with E-state index in [9.17, 15) is 0 Å². The van der Waals surface area contributed by atoms with Crippen LogP contribution in [0.3, 0.4) is 0 Å². The van der Waals surface area contributed by atoms with Crippen molar-refractivity contribution in [3.05, 3.63) is 69.9 Å². The van der Waals surface area contributed by atoms with E-state index >= 15 is 0 Å². The van der Waals surface area contributed by atoms with Gasteiger partial charge in [0.25, 0.3) is 0 Å². The lowest BCUT2D eigenvalue weighted by molar-refractivity contribution is 0.652. The fourth-order valence-corrected chi connectivity index (χ4v) is 4.59. The summed E-state index contributed by atoms with van der Waals surface area (Å²) in [6.45, 7) is 6.92. The van der Waals surface area contributed by atoms with Gasteiger partial charge in [-0.1, -0.05) is 57.5 Å². The Hall–Kier alpha value is -2.02. The third-order valence-electron chi connectivity index (χ3n) is 6.24. The summed E-state index contributed by atoms with van der Waals surface area (Å²) < 4.78 is 0. The van der Waals surface area contributed by atoms with E-state index in [2.05, 4.69) is 62.2 Å². The summed E-state index contributed by atoms with van der Waals surface area (Å²) in [6, 6.07) is 14.4. The van der Waals surface area contributed by atoms with Gasteiger partial charge in [-0.05, 0) is 78.3 Å². The van der Waals surface area contributed by atoms with Gasteiger partial charge in [-0.3, -0.25) is 0 Å². The van der Waals surface area contributed by atoms with Gasteiger partial charge in [0.1, 0.15) is 0 Å². The molecule has 0 saturated heterocycles. The highest BCUT2D eigenvalue weighted by atomic mass is 14.7. The summed E-state index contributed by atoms with van der Waals surface area (Å²) in [5, 5.41) is 1.47. The minimum atomic E-state index is 0.610. The second-order valence-electron chi connectivity index (χ2n) is 8.04. The highest BCUT2D eigenvalue weighted by Gasteiger charge is 2.15. The molecule has 1 heterocycles. The molecule has 0 amide bonds. The summed E-state index contributed by atoms with van der Waals surface area (Å²) in [5.41, 5.74) is 10.3. The van der Waals surface area contributed by atoms with Gasteiger partial charge in [0, 0.05) is 16.6 Å². The monoisotopic (exact) mass is 345 g/mol. The molecule has 4 aliphatic rings. The second kappa shape index (κ2) is 7.31. The first-order chi connectivity index (χ1) is 12.7. The van der Waals surface area contributed by atoms with Crippen molar-refractivity contribution in [3.63, 3.8) is 0 Å². The van der Waals surface area contributed by atoms with E-state index in [4.69, 9.17) is 0 Å². The zero-order valence-electron chi connectivity index (χ0n) is 16.5. The second-order valence-corrected chi connectivity index (χ2v) is 8.04. The van der Waals surface area contributed by atoms with Gasteiger partial charge < -0.3 is 4.98 Å². The fourth-order valence-electron chi connectivity index (χ4n) is 4.59. The molecule has 136 valence electrons. The Bertz CT molecular complexity index is 915. The van der Waals surface area contributed by atoms with Crippen molar-refractivity contribution in [3.8, 4) is 0 Å². The molecule has 0 radical (unpaired) electrons. The minimum absolute atomic E-state index is 0.610. The molecule has 0 spiro atoms. The molecule has 1 nitrogen and oxygen atoms in total. The fraction of sp³-hybridized carbons (Fsp3) is 0.440. The van der Waals surface area contributed by atoms with E-state index in [0.29, 0.717) is 5.92 Å². The third-order valence-corrected chi connectivity index (χ3v) is 6.24. The summed E-state index contributed by atoms with van der Waals surface area (Å²) >= 11 is 0. The maximum absolute atomic E-state index is 3.81. The van der Waals surface area contributed by atoms with Gasteiger partial charge in [-0.15, -0.1) is 0 Å². The third kappa shape index (κ3) is 3.20. The molecule has 3 aromatic rings. The maximum atomic E-state index is 3.81. The lowest BCUT2D eigenvalue weighted by Crippen LogP contribution is -2.02. The molecule has 4 bridgehead atoms. The van der Waals surface area contributed by atoms with Crippen LogP contribution in [0.4, 0.5) is 0 Å². The molecule has 0 fully saturated rings. The Morgan fingerprint density at radius 3 is 2.42 bits per heavy atom. The SMILES string of the molecule is CCCC(C)c1cc2c3ccc(c2[nH]1)CCc1ccc(c(CC)c1)CC3. The number of H-pyrrole nitrogens is 1. The van der Waals surface area contributed by atoms with Crippen LogP contribution in [0.1, 0.15) is 73.0 Å². The number of rotatable bonds is 4. The van der Waals surface area contributed by atoms with Crippen molar-refractivity contribution in [1.82, 2.24) is 4.98 Å². The van der Waals surface area contributed by atoms with Crippen LogP contribution in [0.5, 0.6) is 0 Å². The number of aryl methyl sites for hydroxylation is 5. The van der Waals surface area contributed by atoms with Crippen LogP contribution in [0, 0.1) is 0 Å². The minimum Gasteiger partial charge on any atom is -0.358 e. The smallest absolute Gasteiger partial charge is 0.0491 e. The van der Waals surface area contributed by atoms with Crippen LogP contribution >= 0.6 is 0 Å². The first kappa shape index (κ1) is 17.4. The molecule has 4 aliphatic carbocycles. The van der Waals surface area contributed by atoms with Crippen molar-refractivity contribution in [1.29, 1.82) is 0 Å². The predicted molar refractivity (Wildman–Crippen MR) is 112 cm³/mol. The normalized spacial score (nSPS) is 15.2. The van der Waals surface area contributed by atoms with Gasteiger partial charge in [0.05, 0.1) is 0 Å². The number of hydrogen-bond donors (Lipinski definition) is 1. The zero-order chi connectivity index (χ0) is 18.1. The van der Waals surface area contributed by atoms with Gasteiger partial charge in [-0.2, -0.15) is 0 Å².